The van der Waals surface area contributed by atoms with Crippen molar-refractivity contribution in [2.75, 3.05) is 26.8 Å². The molecule has 0 bridgehead atoms. The van der Waals surface area contributed by atoms with E-state index < -0.39 is 0 Å². The van der Waals surface area contributed by atoms with Gasteiger partial charge in [-0.05, 0) is 48.7 Å². The number of piperazine rings is 1. The molecule has 2 saturated heterocycles. The van der Waals surface area contributed by atoms with Crippen molar-refractivity contribution in [3.8, 4) is 11.8 Å². The third-order valence-electron chi connectivity index (χ3n) is 6.66. The van der Waals surface area contributed by atoms with Crippen LogP contribution in [0.15, 0.2) is 48.5 Å². The van der Waals surface area contributed by atoms with E-state index in [9.17, 15) is 9.59 Å². The molecule has 2 aliphatic rings. The first-order valence-electron chi connectivity index (χ1n) is 11.8. The lowest BCUT2D eigenvalue weighted by atomic mass is 9.73. The minimum atomic E-state index is 0.00112. The Hall–Kier alpha value is -3.10. The van der Waals surface area contributed by atoms with Gasteiger partial charge in [0.25, 0.3) is 0 Å². The van der Waals surface area contributed by atoms with Crippen LogP contribution in [0.5, 0.6) is 0 Å². The molecule has 33 heavy (non-hydrogen) atoms. The lowest BCUT2D eigenvalue weighted by molar-refractivity contribution is -0.167. The number of benzene rings is 2. The van der Waals surface area contributed by atoms with Crippen molar-refractivity contribution in [3.63, 3.8) is 0 Å². The predicted molar refractivity (Wildman–Crippen MR) is 129 cm³/mol. The molecule has 2 amide bonds. The van der Waals surface area contributed by atoms with Gasteiger partial charge in [-0.25, -0.2) is 0 Å². The van der Waals surface area contributed by atoms with Gasteiger partial charge in [-0.1, -0.05) is 49.5 Å². The molecule has 0 spiro atoms. The van der Waals surface area contributed by atoms with Crippen LogP contribution in [-0.2, 0) is 14.3 Å². The quantitative estimate of drug-likeness (QED) is 0.638. The third-order valence-corrected chi connectivity index (χ3v) is 6.66. The molecule has 2 aliphatic heterocycles. The number of hydrogen-bond acceptors (Lipinski definition) is 3. The molecular weight excluding hydrogens is 412 g/mol. The summed E-state index contributed by atoms with van der Waals surface area (Å²) in [4.78, 5) is 29.1. The van der Waals surface area contributed by atoms with Crippen molar-refractivity contribution in [3.05, 3.63) is 70.8 Å². The van der Waals surface area contributed by atoms with Crippen LogP contribution in [0, 0.1) is 18.8 Å². The lowest BCUT2D eigenvalue weighted by Crippen LogP contribution is -2.73. The zero-order valence-corrected chi connectivity index (χ0v) is 19.7. The normalized spacial score (nSPS) is 21.7. The Morgan fingerprint density at radius 1 is 1.12 bits per heavy atom. The number of aryl methyl sites for hydroxylation is 1. The minimum absolute atomic E-state index is 0.00112. The smallest absolute Gasteiger partial charge is 0.242 e. The topological polar surface area (TPSA) is 49.9 Å². The molecule has 2 aromatic carbocycles. The maximum absolute atomic E-state index is 12.9. The van der Waals surface area contributed by atoms with E-state index in [1.54, 1.807) is 12.0 Å². The van der Waals surface area contributed by atoms with Crippen LogP contribution >= 0.6 is 0 Å². The Kier molecular flexibility index (Phi) is 7.15. The highest BCUT2D eigenvalue weighted by molar-refractivity contribution is 5.87. The molecule has 0 unspecified atom stereocenters. The molecule has 2 heterocycles. The standard InChI is InChI=1S/C28H32N2O3/c1-4-5-9-26(31)29-17-24-28(25(19-33-3)30(24)27(32)18-29)23-14-12-21(13-15-23)10-11-22-8-6-7-20(2)16-22/h6-8,12-16,24-25,28H,4-5,9,17-19H2,1-3H3/t24-,25-,28-/m0/s1. The van der Waals surface area contributed by atoms with E-state index >= 15 is 0 Å². The van der Waals surface area contributed by atoms with Crippen LogP contribution in [0.4, 0.5) is 0 Å². The van der Waals surface area contributed by atoms with E-state index in [1.165, 1.54) is 5.56 Å². The Balaban J connectivity index is 1.51. The van der Waals surface area contributed by atoms with E-state index in [0.29, 0.717) is 19.6 Å². The van der Waals surface area contributed by atoms with Gasteiger partial charge in [-0.15, -0.1) is 0 Å². The van der Waals surface area contributed by atoms with Crippen molar-refractivity contribution < 1.29 is 14.3 Å². The summed E-state index contributed by atoms with van der Waals surface area (Å²) in [5, 5.41) is 0. The molecule has 5 nitrogen and oxygen atoms in total. The second-order valence-corrected chi connectivity index (χ2v) is 9.04. The SMILES string of the molecule is CCCCC(=O)N1CC(=O)N2[C@@H](COC)[C@@H](c3ccc(C#Cc4cccc(C)c4)cc3)[C@@H]2C1. The van der Waals surface area contributed by atoms with E-state index in [1.807, 2.05) is 29.2 Å². The first-order chi connectivity index (χ1) is 16.0. The maximum atomic E-state index is 12.9. The summed E-state index contributed by atoms with van der Waals surface area (Å²) in [7, 11) is 1.67. The lowest BCUT2D eigenvalue weighted by Gasteiger charge is -2.59. The second-order valence-electron chi connectivity index (χ2n) is 9.04. The Bertz CT molecular complexity index is 1070. The highest BCUT2D eigenvalue weighted by Crippen LogP contribution is 2.43. The molecule has 4 rings (SSSR count). The third kappa shape index (κ3) is 4.96. The zero-order valence-electron chi connectivity index (χ0n) is 19.7. The number of methoxy groups -OCH3 is 1. The zero-order chi connectivity index (χ0) is 23.4. The number of hydrogen-bond donors (Lipinski definition) is 0. The minimum Gasteiger partial charge on any atom is -0.383 e. The number of ether oxygens (including phenoxy) is 1. The van der Waals surface area contributed by atoms with Gasteiger partial charge in [-0.2, -0.15) is 0 Å². The molecule has 0 saturated carbocycles. The molecule has 5 heteroatoms. The van der Waals surface area contributed by atoms with Crippen molar-refractivity contribution in [2.24, 2.45) is 0 Å². The summed E-state index contributed by atoms with van der Waals surface area (Å²) in [6.45, 7) is 5.40. The van der Waals surface area contributed by atoms with Gasteiger partial charge in [0.2, 0.25) is 11.8 Å². The summed E-state index contributed by atoms with van der Waals surface area (Å²) in [5.41, 5.74) is 4.31. The molecule has 0 radical (unpaired) electrons. The average molecular weight is 445 g/mol. The van der Waals surface area contributed by atoms with Gasteiger partial charge < -0.3 is 14.5 Å². The number of rotatable bonds is 6. The summed E-state index contributed by atoms with van der Waals surface area (Å²) in [6.07, 6.45) is 2.34. The summed E-state index contributed by atoms with van der Waals surface area (Å²) in [5.74, 6) is 6.72. The van der Waals surface area contributed by atoms with Crippen molar-refractivity contribution in [1.29, 1.82) is 0 Å². The van der Waals surface area contributed by atoms with Gasteiger partial charge in [0.15, 0.2) is 0 Å². The van der Waals surface area contributed by atoms with Crippen LogP contribution < -0.4 is 0 Å². The van der Waals surface area contributed by atoms with E-state index in [2.05, 4.69) is 50.0 Å². The van der Waals surface area contributed by atoms with Gasteiger partial charge in [0, 0.05) is 37.1 Å². The average Bonchev–Trinajstić information content (AvgIpc) is 2.80. The van der Waals surface area contributed by atoms with Crippen molar-refractivity contribution in [1.82, 2.24) is 9.80 Å². The van der Waals surface area contributed by atoms with E-state index in [4.69, 9.17) is 4.74 Å². The van der Waals surface area contributed by atoms with Crippen LogP contribution in [0.2, 0.25) is 0 Å². The fourth-order valence-corrected chi connectivity index (χ4v) is 4.98. The fourth-order valence-electron chi connectivity index (χ4n) is 4.98. The maximum Gasteiger partial charge on any atom is 0.242 e. The molecule has 0 aliphatic carbocycles. The number of carbonyl (C=O) groups excluding carboxylic acids is 2. The van der Waals surface area contributed by atoms with Gasteiger partial charge in [-0.3, -0.25) is 9.59 Å². The summed E-state index contributed by atoms with van der Waals surface area (Å²) >= 11 is 0. The molecule has 0 N–H and O–H groups in total. The molecule has 3 atom stereocenters. The van der Waals surface area contributed by atoms with Crippen LogP contribution in [-0.4, -0.2) is 60.5 Å². The molecular formula is C28H32N2O3. The Labute approximate surface area is 196 Å². The highest BCUT2D eigenvalue weighted by atomic mass is 16.5. The van der Waals surface area contributed by atoms with Crippen LogP contribution in [0.1, 0.15) is 54.4 Å². The van der Waals surface area contributed by atoms with Gasteiger partial charge >= 0.3 is 0 Å². The van der Waals surface area contributed by atoms with Gasteiger partial charge in [0.05, 0.1) is 25.2 Å². The molecule has 2 fully saturated rings. The first kappa shape index (κ1) is 23.1. The largest absolute Gasteiger partial charge is 0.383 e. The number of fused-ring (bicyclic) bond motifs is 1. The number of carbonyl (C=O) groups is 2. The Morgan fingerprint density at radius 2 is 1.88 bits per heavy atom. The number of unbranched alkanes of at least 4 members (excludes halogenated alkanes) is 1. The van der Waals surface area contributed by atoms with Crippen molar-refractivity contribution in [2.45, 2.75) is 51.1 Å². The molecule has 0 aromatic heterocycles. The first-order valence-corrected chi connectivity index (χ1v) is 11.8. The summed E-state index contributed by atoms with van der Waals surface area (Å²) < 4.78 is 5.45. The molecule has 2 aromatic rings. The Morgan fingerprint density at radius 3 is 2.58 bits per heavy atom. The van der Waals surface area contributed by atoms with E-state index in [0.717, 1.165) is 29.5 Å². The van der Waals surface area contributed by atoms with E-state index in [-0.39, 0.29) is 36.4 Å². The van der Waals surface area contributed by atoms with Gasteiger partial charge in [0.1, 0.15) is 0 Å². The van der Waals surface area contributed by atoms with Crippen LogP contribution in [0.3, 0.4) is 0 Å². The molecule has 172 valence electrons. The predicted octanol–water partition coefficient (Wildman–Crippen LogP) is 3.74. The van der Waals surface area contributed by atoms with Crippen LogP contribution in [0.25, 0.3) is 0 Å². The highest BCUT2D eigenvalue weighted by Gasteiger charge is 2.54. The van der Waals surface area contributed by atoms with Crippen molar-refractivity contribution >= 4 is 11.8 Å². The monoisotopic (exact) mass is 444 g/mol. The second kappa shape index (κ2) is 10.2. The number of amides is 2. The fraction of sp³-hybridized carbons (Fsp3) is 0.429. The summed E-state index contributed by atoms with van der Waals surface area (Å²) in [6, 6.07) is 16.5. The number of nitrogens with zero attached hydrogens (tertiary/aromatic N) is 2.